The summed E-state index contributed by atoms with van der Waals surface area (Å²) in [5, 5.41) is 0. The van der Waals surface area contributed by atoms with E-state index in [-0.39, 0.29) is 0 Å². The first kappa shape index (κ1) is 19.8. The van der Waals surface area contributed by atoms with Gasteiger partial charge in [-0.2, -0.15) is 0 Å². The third kappa shape index (κ3) is 3.95. The van der Waals surface area contributed by atoms with Crippen LogP contribution in [0.2, 0.25) is 0 Å². The van der Waals surface area contributed by atoms with Gasteiger partial charge in [-0.05, 0) is 42.9 Å². The minimum Gasteiger partial charge on any atom is -0.497 e. The average molecular weight is 402 g/mol. The van der Waals surface area contributed by atoms with E-state index < -0.39 is 0 Å². The standard InChI is InChI=1S/C24H26N4O2/c1-27(14-17-7-5-4-6-8-17)16-21-24(26-23-12-9-18(25)15-28(21)23)20-13-19(29-2)10-11-22(20)30-3/h4-13,15H,14,16,25H2,1-3H3. The second-order valence-electron chi connectivity index (χ2n) is 7.32. The van der Waals surface area contributed by atoms with E-state index in [1.54, 1.807) is 14.2 Å². The van der Waals surface area contributed by atoms with Crippen molar-refractivity contribution in [1.29, 1.82) is 0 Å². The number of imidazole rings is 1. The Hall–Kier alpha value is -3.51. The SMILES string of the molecule is COc1ccc(OC)c(-c2nc3ccc(N)cn3c2CN(C)Cc2ccccc2)c1. The highest BCUT2D eigenvalue weighted by atomic mass is 16.5. The Balaban J connectivity index is 1.81. The summed E-state index contributed by atoms with van der Waals surface area (Å²) in [6, 6.07) is 20.0. The van der Waals surface area contributed by atoms with Gasteiger partial charge in [0.25, 0.3) is 0 Å². The molecule has 0 saturated heterocycles. The summed E-state index contributed by atoms with van der Waals surface area (Å²) in [4.78, 5) is 7.18. The van der Waals surface area contributed by atoms with Gasteiger partial charge in [0.05, 0.1) is 25.6 Å². The van der Waals surface area contributed by atoms with E-state index >= 15 is 0 Å². The number of nitrogens with two attached hydrogens (primary N) is 1. The molecule has 0 spiro atoms. The third-order valence-electron chi connectivity index (χ3n) is 5.12. The van der Waals surface area contributed by atoms with Crippen molar-refractivity contribution in [1.82, 2.24) is 14.3 Å². The molecule has 4 rings (SSSR count). The van der Waals surface area contributed by atoms with Crippen molar-refractivity contribution in [2.75, 3.05) is 27.0 Å². The predicted octanol–water partition coefficient (Wildman–Crippen LogP) is 4.23. The smallest absolute Gasteiger partial charge is 0.137 e. The molecule has 0 aliphatic rings. The minimum atomic E-state index is 0.690. The van der Waals surface area contributed by atoms with Crippen molar-refractivity contribution in [2.45, 2.75) is 13.1 Å². The van der Waals surface area contributed by atoms with Crippen molar-refractivity contribution in [3.63, 3.8) is 0 Å². The number of nitrogen functional groups attached to an aromatic ring is 1. The van der Waals surface area contributed by atoms with Gasteiger partial charge in [-0.25, -0.2) is 4.98 Å². The summed E-state index contributed by atoms with van der Waals surface area (Å²) in [6.07, 6.45) is 1.92. The highest BCUT2D eigenvalue weighted by Gasteiger charge is 2.20. The Bertz CT molecular complexity index is 1150. The molecular weight excluding hydrogens is 376 g/mol. The maximum absolute atomic E-state index is 6.09. The van der Waals surface area contributed by atoms with E-state index in [0.717, 1.165) is 40.6 Å². The molecule has 2 aromatic carbocycles. The fourth-order valence-corrected chi connectivity index (χ4v) is 3.68. The summed E-state index contributed by atoms with van der Waals surface area (Å²) in [5.74, 6) is 1.50. The van der Waals surface area contributed by atoms with Crippen molar-refractivity contribution in [3.05, 3.63) is 78.1 Å². The van der Waals surface area contributed by atoms with Gasteiger partial charge in [0.15, 0.2) is 0 Å². The molecule has 0 radical (unpaired) electrons. The molecule has 0 bridgehead atoms. The van der Waals surface area contributed by atoms with Gasteiger partial charge in [-0.15, -0.1) is 0 Å². The molecule has 2 aromatic heterocycles. The lowest BCUT2D eigenvalue weighted by molar-refractivity contribution is 0.314. The van der Waals surface area contributed by atoms with Crippen LogP contribution >= 0.6 is 0 Å². The van der Waals surface area contributed by atoms with Crippen LogP contribution in [0.1, 0.15) is 11.3 Å². The van der Waals surface area contributed by atoms with E-state index in [0.29, 0.717) is 12.2 Å². The second-order valence-corrected chi connectivity index (χ2v) is 7.32. The topological polar surface area (TPSA) is 65.0 Å². The largest absolute Gasteiger partial charge is 0.497 e. The molecule has 6 nitrogen and oxygen atoms in total. The Labute approximate surface area is 176 Å². The van der Waals surface area contributed by atoms with Gasteiger partial charge >= 0.3 is 0 Å². The normalized spacial score (nSPS) is 11.2. The first-order chi connectivity index (χ1) is 14.6. The van der Waals surface area contributed by atoms with Crippen LogP contribution in [0.5, 0.6) is 11.5 Å². The van der Waals surface area contributed by atoms with Crippen LogP contribution in [0.3, 0.4) is 0 Å². The molecule has 2 heterocycles. The summed E-state index contributed by atoms with van der Waals surface area (Å²) in [7, 11) is 5.43. The number of benzene rings is 2. The summed E-state index contributed by atoms with van der Waals surface area (Å²) in [5.41, 5.74) is 11.7. The van der Waals surface area contributed by atoms with Crippen LogP contribution in [-0.4, -0.2) is 35.6 Å². The van der Waals surface area contributed by atoms with E-state index in [4.69, 9.17) is 20.2 Å². The molecule has 0 aliphatic heterocycles. The summed E-state index contributed by atoms with van der Waals surface area (Å²) < 4.78 is 13.1. The van der Waals surface area contributed by atoms with Gasteiger partial charge < -0.3 is 19.6 Å². The molecule has 154 valence electrons. The predicted molar refractivity (Wildman–Crippen MR) is 120 cm³/mol. The molecular formula is C24H26N4O2. The molecule has 0 fully saturated rings. The highest BCUT2D eigenvalue weighted by Crippen LogP contribution is 2.36. The number of aromatic nitrogens is 2. The Morgan fingerprint density at radius 1 is 0.967 bits per heavy atom. The quantitative estimate of drug-likeness (QED) is 0.501. The van der Waals surface area contributed by atoms with E-state index in [9.17, 15) is 0 Å². The van der Waals surface area contributed by atoms with Crippen LogP contribution in [0.15, 0.2) is 66.9 Å². The third-order valence-corrected chi connectivity index (χ3v) is 5.12. The van der Waals surface area contributed by atoms with Gasteiger partial charge in [-0.3, -0.25) is 4.90 Å². The Morgan fingerprint density at radius 3 is 2.50 bits per heavy atom. The van der Waals surface area contributed by atoms with Crippen LogP contribution < -0.4 is 15.2 Å². The number of rotatable bonds is 7. The van der Waals surface area contributed by atoms with Gasteiger partial charge in [0.1, 0.15) is 17.1 Å². The fourth-order valence-electron chi connectivity index (χ4n) is 3.68. The lowest BCUT2D eigenvalue weighted by Gasteiger charge is -2.18. The fraction of sp³-hybridized carbons (Fsp3) is 0.208. The molecule has 0 amide bonds. The lowest BCUT2D eigenvalue weighted by atomic mass is 10.1. The minimum absolute atomic E-state index is 0.690. The molecule has 0 atom stereocenters. The van der Waals surface area contributed by atoms with Crippen LogP contribution in [0.4, 0.5) is 5.69 Å². The van der Waals surface area contributed by atoms with E-state index in [2.05, 4.69) is 40.6 Å². The number of methoxy groups -OCH3 is 2. The molecule has 30 heavy (non-hydrogen) atoms. The molecule has 4 aromatic rings. The average Bonchev–Trinajstić information content (AvgIpc) is 3.11. The maximum atomic E-state index is 6.09. The number of nitrogens with zero attached hydrogens (tertiary/aromatic N) is 3. The van der Waals surface area contributed by atoms with E-state index in [1.807, 2.05) is 42.6 Å². The summed E-state index contributed by atoms with van der Waals surface area (Å²) >= 11 is 0. The second kappa shape index (κ2) is 8.47. The molecule has 2 N–H and O–H groups in total. The van der Waals surface area contributed by atoms with Crippen molar-refractivity contribution >= 4 is 11.3 Å². The highest BCUT2D eigenvalue weighted by molar-refractivity contribution is 5.74. The van der Waals surface area contributed by atoms with E-state index in [1.165, 1.54) is 5.56 Å². The van der Waals surface area contributed by atoms with Gasteiger partial charge in [-0.1, -0.05) is 30.3 Å². The van der Waals surface area contributed by atoms with Crippen molar-refractivity contribution in [2.24, 2.45) is 0 Å². The van der Waals surface area contributed by atoms with Crippen molar-refractivity contribution in [3.8, 4) is 22.8 Å². The first-order valence-electron chi connectivity index (χ1n) is 9.80. The zero-order chi connectivity index (χ0) is 21.1. The monoisotopic (exact) mass is 402 g/mol. The zero-order valence-electron chi connectivity index (χ0n) is 17.5. The van der Waals surface area contributed by atoms with Gasteiger partial charge in [0.2, 0.25) is 0 Å². The number of hydrogen-bond acceptors (Lipinski definition) is 5. The number of fused-ring (bicyclic) bond motifs is 1. The van der Waals surface area contributed by atoms with Crippen LogP contribution in [0.25, 0.3) is 16.9 Å². The van der Waals surface area contributed by atoms with Gasteiger partial charge in [0, 0.05) is 30.5 Å². The van der Waals surface area contributed by atoms with Crippen LogP contribution in [0, 0.1) is 0 Å². The molecule has 0 saturated carbocycles. The Morgan fingerprint density at radius 2 is 1.77 bits per heavy atom. The zero-order valence-corrected chi connectivity index (χ0v) is 17.5. The Kier molecular flexibility index (Phi) is 5.59. The number of hydrogen-bond donors (Lipinski definition) is 1. The first-order valence-corrected chi connectivity index (χ1v) is 9.80. The molecule has 0 unspecified atom stereocenters. The molecule has 0 aliphatic carbocycles. The number of ether oxygens (including phenoxy) is 2. The molecule has 6 heteroatoms. The lowest BCUT2D eigenvalue weighted by Crippen LogP contribution is -2.19. The summed E-state index contributed by atoms with van der Waals surface area (Å²) in [6.45, 7) is 1.51. The maximum Gasteiger partial charge on any atom is 0.137 e. The number of anilines is 1. The number of pyridine rings is 1. The van der Waals surface area contributed by atoms with Crippen molar-refractivity contribution < 1.29 is 9.47 Å². The van der Waals surface area contributed by atoms with Crippen LogP contribution in [-0.2, 0) is 13.1 Å².